The number of ether oxygens (including phenoxy) is 1. The van der Waals surface area contributed by atoms with Crippen molar-refractivity contribution in [3.8, 4) is 0 Å². The molecule has 0 aliphatic carbocycles. The Kier molecular flexibility index (Phi) is 5.54. The van der Waals surface area contributed by atoms with Crippen molar-refractivity contribution < 1.29 is 19.4 Å². The molecule has 2 fully saturated rings. The molecule has 2 atom stereocenters. The molecule has 2 rings (SSSR count). The minimum absolute atomic E-state index is 0.178. The van der Waals surface area contributed by atoms with Crippen LogP contribution in [0.25, 0.3) is 0 Å². The first-order chi connectivity index (χ1) is 9.59. The van der Waals surface area contributed by atoms with Gasteiger partial charge in [0.1, 0.15) is 6.04 Å². The third kappa shape index (κ3) is 3.79. The third-order valence-corrected chi connectivity index (χ3v) is 4.80. The normalized spacial score (nSPS) is 27.1. The molecule has 2 aliphatic heterocycles. The van der Waals surface area contributed by atoms with Crippen LogP contribution < -0.4 is 0 Å². The lowest BCUT2D eigenvalue weighted by molar-refractivity contribution is -0.141. The monoisotopic (exact) mass is 302 g/mol. The molecule has 0 bridgehead atoms. The van der Waals surface area contributed by atoms with Gasteiger partial charge in [-0.25, -0.2) is 9.59 Å². The lowest BCUT2D eigenvalue weighted by Crippen LogP contribution is -2.54. The van der Waals surface area contributed by atoms with Crippen LogP contribution in [0, 0.1) is 5.92 Å². The standard InChI is InChI=1S/C13H22N2O4S/c1-14(7-10-3-2-5-19-8-10)13(18)15-4-6-20-9-11(15)12(16)17/h10-11H,2-9H2,1H3,(H,16,17). The summed E-state index contributed by atoms with van der Waals surface area (Å²) >= 11 is 1.59. The predicted molar refractivity (Wildman–Crippen MR) is 77.0 cm³/mol. The van der Waals surface area contributed by atoms with E-state index in [9.17, 15) is 14.7 Å². The first-order valence-electron chi connectivity index (χ1n) is 6.99. The summed E-state index contributed by atoms with van der Waals surface area (Å²) < 4.78 is 5.42. The Bertz CT molecular complexity index is 360. The van der Waals surface area contributed by atoms with Crippen LogP contribution in [0.4, 0.5) is 4.79 Å². The highest BCUT2D eigenvalue weighted by molar-refractivity contribution is 7.99. The molecule has 2 heterocycles. The molecule has 0 saturated carbocycles. The average molecular weight is 302 g/mol. The van der Waals surface area contributed by atoms with Crippen molar-refractivity contribution in [3.05, 3.63) is 0 Å². The van der Waals surface area contributed by atoms with E-state index in [2.05, 4.69) is 0 Å². The first kappa shape index (κ1) is 15.4. The van der Waals surface area contributed by atoms with Gasteiger partial charge >= 0.3 is 12.0 Å². The quantitative estimate of drug-likeness (QED) is 0.841. The zero-order valence-corrected chi connectivity index (χ0v) is 12.6. The van der Waals surface area contributed by atoms with Crippen LogP contribution in [0.1, 0.15) is 12.8 Å². The zero-order chi connectivity index (χ0) is 14.5. The van der Waals surface area contributed by atoms with E-state index in [1.54, 1.807) is 23.7 Å². The molecule has 2 amide bonds. The van der Waals surface area contributed by atoms with Crippen molar-refractivity contribution in [2.24, 2.45) is 5.92 Å². The Morgan fingerprint density at radius 2 is 2.30 bits per heavy atom. The summed E-state index contributed by atoms with van der Waals surface area (Å²) in [7, 11) is 1.75. The number of amides is 2. The number of thioether (sulfide) groups is 1. The van der Waals surface area contributed by atoms with E-state index in [0.717, 1.165) is 25.2 Å². The average Bonchev–Trinajstić information content (AvgIpc) is 2.47. The number of carbonyl (C=O) groups excluding carboxylic acids is 1. The largest absolute Gasteiger partial charge is 0.480 e. The molecule has 0 aromatic rings. The molecule has 0 spiro atoms. The summed E-state index contributed by atoms with van der Waals surface area (Å²) in [6.45, 7) is 2.63. The molecule has 1 N–H and O–H groups in total. The Labute approximate surface area is 123 Å². The van der Waals surface area contributed by atoms with Crippen LogP contribution in [0.3, 0.4) is 0 Å². The molecule has 114 valence electrons. The summed E-state index contributed by atoms with van der Waals surface area (Å²) in [6, 6.07) is -0.880. The molecule has 2 aliphatic rings. The van der Waals surface area contributed by atoms with E-state index in [4.69, 9.17) is 4.74 Å². The number of carbonyl (C=O) groups is 2. The second-order valence-electron chi connectivity index (χ2n) is 5.37. The summed E-state index contributed by atoms with van der Waals surface area (Å²) in [5.74, 6) is 0.720. The van der Waals surface area contributed by atoms with Crippen molar-refractivity contribution in [3.63, 3.8) is 0 Å². The van der Waals surface area contributed by atoms with E-state index >= 15 is 0 Å². The summed E-state index contributed by atoms with van der Waals surface area (Å²) in [4.78, 5) is 26.8. The maximum atomic E-state index is 12.4. The maximum absolute atomic E-state index is 12.4. The van der Waals surface area contributed by atoms with Crippen molar-refractivity contribution in [1.82, 2.24) is 9.80 Å². The van der Waals surface area contributed by atoms with E-state index in [1.165, 1.54) is 4.90 Å². The number of aliphatic carboxylic acids is 1. The number of urea groups is 1. The van der Waals surface area contributed by atoms with Crippen molar-refractivity contribution >= 4 is 23.8 Å². The topological polar surface area (TPSA) is 70.1 Å². The van der Waals surface area contributed by atoms with Gasteiger partial charge in [-0.15, -0.1) is 0 Å². The van der Waals surface area contributed by atoms with Crippen molar-refractivity contribution in [2.45, 2.75) is 18.9 Å². The number of carboxylic acids is 1. The van der Waals surface area contributed by atoms with Crippen LogP contribution in [-0.4, -0.2) is 77.8 Å². The minimum Gasteiger partial charge on any atom is -0.480 e. The van der Waals surface area contributed by atoms with Crippen LogP contribution >= 0.6 is 11.8 Å². The second kappa shape index (κ2) is 7.17. The highest BCUT2D eigenvalue weighted by Crippen LogP contribution is 2.20. The lowest BCUT2D eigenvalue weighted by Gasteiger charge is -2.36. The molecule has 0 radical (unpaired) electrons. The van der Waals surface area contributed by atoms with E-state index in [-0.39, 0.29) is 6.03 Å². The van der Waals surface area contributed by atoms with Gasteiger partial charge in [0.25, 0.3) is 0 Å². The SMILES string of the molecule is CN(CC1CCCOC1)C(=O)N1CCSCC1C(=O)O. The van der Waals surface area contributed by atoms with Gasteiger partial charge in [-0.05, 0) is 12.8 Å². The zero-order valence-electron chi connectivity index (χ0n) is 11.8. The molecule has 7 heteroatoms. The fourth-order valence-corrected chi connectivity index (χ4v) is 3.71. The Balaban J connectivity index is 1.92. The molecule has 0 aromatic carbocycles. The summed E-state index contributed by atoms with van der Waals surface area (Å²) in [5.41, 5.74) is 0. The van der Waals surface area contributed by atoms with Gasteiger partial charge in [-0.1, -0.05) is 0 Å². The molecule has 0 aromatic heterocycles. The maximum Gasteiger partial charge on any atom is 0.327 e. The molecule has 6 nitrogen and oxygen atoms in total. The predicted octanol–water partition coefficient (Wildman–Crippen LogP) is 0.967. The molecular formula is C13H22N2O4S. The van der Waals surface area contributed by atoms with E-state index < -0.39 is 12.0 Å². The van der Waals surface area contributed by atoms with Gasteiger partial charge in [-0.2, -0.15) is 11.8 Å². The smallest absolute Gasteiger partial charge is 0.327 e. The van der Waals surface area contributed by atoms with Gasteiger partial charge in [0.2, 0.25) is 0 Å². The lowest BCUT2D eigenvalue weighted by atomic mass is 10.0. The molecule has 2 saturated heterocycles. The number of hydrogen-bond donors (Lipinski definition) is 1. The van der Waals surface area contributed by atoms with Gasteiger partial charge in [0.05, 0.1) is 6.61 Å². The number of rotatable bonds is 3. The van der Waals surface area contributed by atoms with Crippen LogP contribution in [0.2, 0.25) is 0 Å². The second-order valence-corrected chi connectivity index (χ2v) is 6.52. The highest BCUT2D eigenvalue weighted by atomic mass is 32.2. The molecular weight excluding hydrogens is 280 g/mol. The van der Waals surface area contributed by atoms with Crippen LogP contribution in [0.15, 0.2) is 0 Å². The molecule has 20 heavy (non-hydrogen) atoms. The number of carboxylic acid groups (broad SMARTS) is 1. The van der Waals surface area contributed by atoms with Crippen molar-refractivity contribution in [2.75, 3.05) is 44.9 Å². The van der Waals surface area contributed by atoms with E-state index in [1.807, 2.05) is 0 Å². The van der Waals surface area contributed by atoms with Gasteiger partial charge < -0.3 is 19.6 Å². The fraction of sp³-hybridized carbons (Fsp3) is 0.846. The Morgan fingerprint density at radius 1 is 1.50 bits per heavy atom. The summed E-state index contributed by atoms with van der Waals surface area (Å²) in [6.07, 6.45) is 2.10. The Hall–Kier alpha value is -0.950. The minimum atomic E-state index is -0.917. The highest BCUT2D eigenvalue weighted by Gasteiger charge is 2.34. The van der Waals surface area contributed by atoms with Gasteiger partial charge in [-0.3, -0.25) is 0 Å². The fourth-order valence-electron chi connectivity index (χ4n) is 2.67. The Morgan fingerprint density at radius 3 is 2.95 bits per heavy atom. The summed E-state index contributed by atoms with van der Waals surface area (Å²) in [5, 5.41) is 9.22. The van der Waals surface area contributed by atoms with E-state index in [0.29, 0.717) is 31.4 Å². The van der Waals surface area contributed by atoms with Crippen LogP contribution in [0.5, 0.6) is 0 Å². The third-order valence-electron chi connectivity index (χ3n) is 3.77. The van der Waals surface area contributed by atoms with Crippen LogP contribution in [-0.2, 0) is 9.53 Å². The molecule has 2 unspecified atom stereocenters. The van der Waals surface area contributed by atoms with Gasteiger partial charge in [0.15, 0.2) is 0 Å². The van der Waals surface area contributed by atoms with Crippen molar-refractivity contribution in [1.29, 1.82) is 0 Å². The first-order valence-corrected chi connectivity index (χ1v) is 8.15. The van der Waals surface area contributed by atoms with Gasteiger partial charge in [0, 0.05) is 44.2 Å². The number of hydrogen-bond acceptors (Lipinski definition) is 4. The number of nitrogens with zero attached hydrogens (tertiary/aromatic N) is 2.